The third-order valence-corrected chi connectivity index (χ3v) is 3.38. The lowest BCUT2D eigenvalue weighted by molar-refractivity contribution is -0.119. The summed E-state index contributed by atoms with van der Waals surface area (Å²) >= 11 is 0. The number of alkyl carbamates (subject to hydrolysis) is 1. The molecule has 2 amide bonds. The number of rotatable bonds is 4. The van der Waals surface area contributed by atoms with Gasteiger partial charge in [-0.15, -0.1) is 0 Å². The van der Waals surface area contributed by atoms with Crippen LogP contribution >= 0.6 is 0 Å². The molecule has 0 atom stereocenters. The van der Waals surface area contributed by atoms with Crippen molar-refractivity contribution in [3.63, 3.8) is 0 Å². The molecule has 0 aliphatic carbocycles. The first-order chi connectivity index (χ1) is 11.2. The number of nitrogens with zero attached hydrogens (tertiary/aromatic N) is 1. The van der Waals surface area contributed by atoms with Crippen LogP contribution in [0.4, 0.5) is 9.59 Å². The van der Waals surface area contributed by atoms with Gasteiger partial charge in [-0.25, -0.2) is 9.59 Å². The Bertz CT molecular complexity index is 603. The number of carbonyl (C=O) groups is 3. The number of hydrogen-bond donors (Lipinski definition) is 1. The van der Waals surface area contributed by atoms with E-state index in [1.54, 1.807) is 20.8 Å². The van der Waals surface area contributed by atoms with E-state index < -0.39 is 23.3 Å². The fourth-order valence-corrected chi connectivity index (χ4v) is 2.26. The summed E-state index contributed by atoms with van der Waals surface area (Å²) in [5, 5.41) is 2.52. The van der Waals surface area contributed by atoms with Crippen LogP contribution < -0.4 is 5.32 Å². The average Bonchev–Trinajstić information content (AvgIpc) is 2.47. The molecule has 0 aromatic heterocycles. The molecule has 1 aromatic rings. The quantitative estimate of drug-likeness (QED) is 0.852. The zero-order chi connectivity index (χ0) is 17.8. The number of amides is 2. The highest BCUT2D eigenvalue weighted by Gasteiger charge is 2.48. The SMILES string of the molecule is CC(C)(C)OC(=O)NC1(C=O)CN(C(=O)OCc2ccccc2)C1. The molecule has 1 heterocycles. The van der Waals surface area contributed by atoms with Crippen molar-refractivity contribution >= 4 is 18.5 Å². The molecule has 1 saturated heterocycles. The minimum atomic E-state index is -1.12. The van der Waals surface area contributed by atoms with Gasteiger partial charge in [-0.3, -0.25) is 0 Å². The molecule has 2 rings (SSSR count). The van der Waals surface area contributed by atoms with Crippen LogP contribution in [0.15, 0.2) is 30.3 Å². The summed E-state index contributed by atoms with van der Waals surface area (Å²) in [5.74, 6) is 0. The molecule has 0 radical (unpaired) electrons. The van der Waals surface area contributed by atoms with E-state index in [0.29, 0.717) is 6.29 Å². The molecular formula is C17H22N2O5. The van der Waals surface area contributed by atoms with Crippen molar-refractivity contribution in [1.29, 1.82) is 0 Å². The first kappa shape index (κ1) is 17.8. The molecule has 1 aliphatic rings. The number of hydrogen-bond acceptors (Lipinski definition) is 5. The maximum absolute atomic E-state index is 12.0. The van der Waals surface area contributed by atoms with Gasteiger partial charge >= 0.3 is 12.2 Å². The van der Waals surface area contributed by atoms with E-state index in [2.05, 4.69) is 5.32 Å². The zero-order valence-corrected chi connectivity index (χ0v) is 14.1. The summed E-state index contributed by atoms with van der Waals surface area (Å²) in [7, 11) is 0. The average molecular weight is 334 g/mol. The Kier molecular flexibility index (Phi) is 5.11. The topological polar surface area (TPSA) is 84.9 Å². The van der Waals surface area contributed by atoms with Crippen molar-refractivity contribution in [2.75, 3.05) is 13.1 Å². The standard InChI is InChI=1S/C17H22N2O5/c1-16(2,3)24-14(21)18-17(12-20)10-19(11-17)15(22)23-9-13-7-5-4-6-8-13/h4-8,12H,9-11H2,1-3H3,(H,18,21). The fraction of sp³-hybridized carbons (Fsp3) is 0.471. The smallest absolute Gasteiger partial charge is 0.410 e. The first-order valence-electron chi connectivity index (χ1n) is 7.66. The van der Waals surface area contributed by atoms with Gasteiger partial charge in [0.05, 0.1) is 13.1 Å². The van der Waals surface area contributed by atoms with E-state index >= 15 is 0 Å². The van der Waals surface area contributed by atoms with Crippen LogP contribution in [0.25, 0.3) is 0 Å². The summed E-state index contributed by atoms with van der Waals surface area (Å²) < 4.78 is 10.3. The zero-order valence-electron chi connectivity index (χ0n) is 14.1. The molecule has 7 nitrogen and oxygen atoms in total. The van der Waals surface area contributed by atoms with Gasteiger partial charge in [0.15, 0.2) is 0 Å². The number of likely N-dealkylation sites (tertiary alicyclic amines) is 1. The van der Waals surface area contributed by atoms with E-state index in [-0.39, 0.29) is 19.7 Å². The lowest BCUT2D eigenvalue weighted by Crippen LogP contribution is -2.72. The third kappa shape index (κ3) is 4.71. The number of ether oxygens (including phenoxy) is 2. The second-order valence-corrected chi connectivity index (χ2v) is 6.80. The molecule has 1 N–H and O–H groups in total. The van der Waals surface area contributed by atoms with Gasteiger partial charge in [0, 0.05) is 0 Å². The molecule has 1 aromatic carbocycles. The second-order valence-electron chi connectivity index (χ2n) is 6.80. The summed E-state index contributed by atoms with van der Waals surface area (Å²) in [6.45, 7) is 5.47. The summed E-state index contributed by atoms with van der Waals surface area (Å²) in [4.78, 5) is 36.4. The van der Waals surface area contributed by atoms with Crippen molar-refractivity contribution in [3.05, 3.63) is 35.9 Å². The Labute approximate surface area is 140 Å². The Morgan fingerprint density at radius 3 is 2.42 bits per heavy atom. The maximum Gasteiger partial charge on any atom is 0.410 e. The minimum Gasteiger partial charge on any atom is -0.445 e. The van der Waals surface area contributed by atoms with Crippen LogP contribution in [-0.2, 0) is 20.9 Å². The van der Waals surface area contributed by atoms with Gasteiger partial charge in [-0.2, -0.15) is 0 Å². The largest absolute Gasteiger partial charge is 0.445 e. The summed E-state index contributed by atoms with van der Waals surface area (Å²) in [6, 6.07) is 9.29. The highest BCUT2D eigenvalue weighted by atomic mass is 16.6. The lowest BCUT2D eigenvalue weighted by atomic mass is 9.92. The Balaban J connectivity index is 1.81. The van der Waals surface area contributed by atoms with Gasteiger partial charge < -0.3 is 24.5 Å². The number of nitrogens with one attached hydrogen (secondary N) is 1. The summed E-state index contributed by atoms with van der Waals surface area (Å²) in [6.07, 6.45) is -0.591. The molecule has 0 bridgehead atoms. The predicted octanol–water partition coefficient (Wildman–Crippen LogP) is 2.10. The monoisotopic (exact) mass is 334 g/mol. The number of aldehydes is 1. The Hall–Kier alpha value is -2.57. The molecule has 0 spiro atoms. The fourth-order valence-electron chi connectivity index (χ4n) is 2.26. The molecular weight excluding hydrogens is 312 g/mol. The second kappa shape index (κ2) is 6.90. The first-order valence-corrected chi connectivity index (χ1v) is 7.66. The highest BCUT2D eigenvalue weighted by Crippen LogP contribution is 2.21. The third-order valence-electron chi connectivity index (χ3n) is 3.38. The molecule has 1 fully saturated rings. The van der Waals surface area contributed by atoms with E-state index in [1.807, 2.05) is 30.3 Å². The van der Waals surface area contributed by atoms with Gasteiger partial charge in [-0.1, -0.05) is 30.3 Å². The van der Waals surface area contributed by atoms with Crippen LogP contribution in [0.3, 0.4) is 0 Å². The van der Waals surface area contributed by atoms with Crippen molar-refractivity contribution in [1.82, 2.24) is 10.2 Å². The maximum atomic E-state index is 12.0. The molecule has 0 saturated carbocycles. The minimum absolute atomic E-state index is 0.0589. The van der Waals surface area contributed by atoms with Crippen LogP contribution in [0.1, 0.15) is 26.3 Å². The lowest BCUT2D eigenvalue weighted by Gasteiger charge is -2.45. The van der Waals surface area contributed by atoms with Crippen molar-refractivity contribution in [3.8, 4) is 0 Å². The van der Waals surface area contributed by atoms with Gasteiger partial charge in [0.2, 0.25) is 0 Å². The normalized spacial score (nSPS) is 15.9. The van der Waals surface area contributed by atoms with E-state index in [4.69, 9.17) is 9.47 Å². The molecule has 7 heteroatoms. The number of benzene rings is 1. The van der Waals surface area contributed by atoms with Crippen LogP contribution in [0.2, 0.25) is 0 Å². The van der Waals surface area contributed by atoms with Crippen LogP contribution in [0, 0.1) is 0 Å². The highest BCUT2D eigenvalue weighted by molar-refractivity contribution is 5.81. The van der Waals surface area contributed by atoms with Crippen molar-refractivity contribution in [2.45, 2.75) is 38.5 Å². The van der Waals surface area contributed by atoms with Gasteiger partial charge in [0.1, 0.15) is 24.0 Å². The van der Waals surface area contributed by atoms with Gasteiger partial charge in [0.25, 0.3) is 0 Å². The van der Waals surface area contributed by atoms with E-state index in [0.717, 1.165) is 5.56 Å². The van der Waals surface area contributed by atoms with Crippen molar-refractivity contribution < 1.29 is 23.9 Å². The molecule has 0 unspecified atom stereocenters. The Morgan fingerprint density at radius 1 is 1.25 bits per heavy atom. The van der Waals surface area contributed by atoms with Crippen molar-refractivity contribution in [2.24, 2.45) is 0 Å². The molecule has 1 aliphatic heterocycles. The predicted molar refractivity (Wildman–Crippen MR) is 86.4 cm³/mol. The number of carbonyl (C=O) groups excluding carboxylic acids is 3. The van der Waals surface area contributed by atoms with E-state index in [1.165, 1.54) is 4.90 Å². The van der Waals surface area contributed by atoms with E-state index in [9.17, 15) is 14.4 Å². The van der Waals surface area contributed by atoms with Gasteiger partial charge in [-0.05, 0) is 26.3 Å². The van der Waals surface area contributed by atoms with Crippen LogP contribution in [0.5, 0.6) is 0 Å². The molecule has 130 valence electrons. The Morgan fingerprint density at radius 2 is 1.88 bits per heavy atom. The van der Waals surface area contributed by atoms with Crippen LogP contribution in [-0.4, -0.2) is 47.6 Å². The molecule has 24 heavy (non-hydrogen) atoms. The summed E-state index contributed by atoms with van der Waals surface area (Å²) in [5.41, 5.74) is -0.903.